The number of benzene rings is 1. The molecule has 0 aromatic heterocycles. The summed E-state index contributed by atoms with van der Waals surface area (Å²) in [5.74, 6) is -5.12. The minimum absolute atomic E-state index is 0.0205. The molecule has 0 unspecified atom stereocenters. The molecule has 1 saturated heterocycles. The van der Waals surface area contributed by atoms with E-state index >= 15 is 0 Å². The van der Waals surface area contributed by atoms with E-state index in [0.29, 0.717) is 32.4 Å². The largest absolute Gasteiger partial charge is 0.353 e. The lowest BCUT2D eigenvalue weighted by atomic mass is 10.0. The summed E-state index contributed by atoms with van der Waals surface area (Å²) < 4.78 is 39.8. The molecule has 1 aromatic rings. The number of rotatable bonds is 4. The molecule has 0 saturated carbocycles. The van der Waals surface area contributed by atoms with Gasteiger partial charge in [-0.25, -0.2) is 13.2 Å². The van der Waals surface area contributed by atoms with Crippen LogP contribution < -0.4 is 5.32 Å². The Labute approximate surface area is 132 Å². The predicted octanol–water partition coefficient (Wildman–Crippen LogP) is 2.62. The number of carbonyl (C=O) groups is 2. The maximum Gasteiger partial charge on any atom is 0.256 e. The van der Waals surface area contributed by atoms with Crippen LogP contribution in [0.25, 0.3) is 0 Å². The van der Waals surface area contributed by atoms with Crippen molar-refractivity contribution in [1.82, 2.24) is 10.2 Å². The average molecular weight is 328 g/mol. The molecule has 2 rings (SSSR count). The Bertz CT molecular complexity index is 599. The standard InChI is InChI=1S/C16H19F3N2O2/c1-2-3-13(22)20-10-6-8-21(9-7-10)16(23)11-4-5-12(17)15(19)14(11)18/h4-5,10H,2-3,6-9H2,1H3,(H,20,22). The van der Waals surface area contributed by atoms with Crippen LogP contribution in [0.1, 0.15) is 43.0 Å². The van der Waals surface area contributed by atoms with Crippen LogP contribution in [-0.2, 0) is 4.79 Å². The molecular formula is C16H19F3N2O2. The Morgan fingerprint density at radius 2 is 1.83 bits per heavy atom. The van der Waals surface area contributed by atoms with Gasteiger partial charge < -0.3 is 10.2 Å². The molecule has 0 aliphatic carbocycles. The molecule has 1 aromatic carbocycles. The zero-order chi connectivity index (χ0) is 17.0. The Balaban J connectivity index is 1.96. The van der Waals surface area contributed by atoms with Gasteiger partial charge in [-0.1, -0.05) is 6.92 Å². The van der Waals surface area contributed by atoms with Crippen molar-refractivity contribution in [2.24, 2.45) is 0 Å². The lowest BCUT2D eigenvalue weighted by Crippen LogP contribution is -2.46. The van der Waals surface area contributed by atoms with E-state index in [0.717, 1.165) is 18.6 Å². The van der Waals surface area contributed by atoms with Crippen LogP contribution in [0.5, 0.6) is 0 Å². The molecular weight excluding hydrogens is 309 g/mol. The second-order valence-corrected chi connectivity index (χ2v) is 5.61. The van der Waals surface area contributed by atoms with E-state index in [-0.39, 0.29) is 11.9 Å². The normalized spacial score (nSPS) is 15.6. The molecule has 1 aliphatic heterocycles. The molecule has 1 N–H and O–H groups in total. The lowest BCUT2D eigenvalue weighted by molar-refractivity contribution is -0.122. The van der Waals surface area contributed by atoms with E-state index in [9.17, 15) is 22.8 Å². The number of likely N-dealkylation sites (tertiary alicyclic amines) is 1. The van der Waals surface area contributed by atoms with Crippen LogP contribution in [0.2, 0.25) is 0 Å². The minimum Gasteiger partial charge on any atom is -0.353 e. The first-order valence-corrected chi connectivity index (χ1v) is 7.66. The Morgan fingerprint density at radius 3 is 2.43 bits per heavy atom. The molecule has 23 heavy (non-hydrogen) atoms. The van der Waals surface area contributed by atoms with Gasteiger partial charge in [0.15, 0.2) is 17.5 Å². The molecule has 1 fully saturated rings. The number of nitrogens with one attached hydrogen (secondary N) is 1. The number of amides is 2. The molecule has 0 spiro atoms. The van der Waals surface area contributed by atoms with Crippen molar-refractivity contribution in [3.8, 4) is 0 Å². The second kappa shape index (κ2) is 7.48. The quantitative estimate of drug-likeness (QED) is 0.864. The first-order chi connectivity index (χ1) is 10.9. The van der Waals surface area contributed by atoms with Crippen LogP contribution >= 0.6 is 0 Å². The lowest BCUT2D eigenvalue weighted by Gasteiger charge is -2.32. The first kappa shape index (κ1) is 17.3. The zero-order valence-corrected chi connectivity index (χ0v) is 12.9. The van der Waals surface area contributed by atoms with Crippen molar-refractivity contribution in [3.05, 3.63) is 35.1 Å². The highest BCUT2D eigenvalue weighted by Crippen LogP contribution is 2.19. The maximum absolute atomic E-state index is 13.7. The van der Waals surface area contributed by atoms with Crippen LogP contribution in [0.15, 0.2) is 12.1 Å². The monoisotopic (exact) mass is 328 g/mol. The van der Waals surface area contributed by atoms with Gasteiger partial charge in [0, 0.05) is 25.6 Å². The number of hydrogen-bond donors (Lipinski definition) is 1. The summed E-state index contributed by atoms with van der Waals surface area (Å²) in [5, 5.41) is 2.89. The molecule has 126 valence electrons. The van der Waals surface area contributed by atoms with Gasteiger partial charge in [0.25, 0.3) is 5.91 Å². The van der Waals surface area contributed by atoms with Gasteiger partial charge in [-0.15, -0.1) is 0 Å². The van der Waals surface area contributed by atoms with E-state index in [1.807, 2.05) is 6.92 Å². The summed E-state index contributed by atoms with van der Waals surface area (Å²) in [6.07, 6.45) is 2.32. The van der Waals surface area contributed by atoms with Crippen molar-refractivity contribution in [2.75, 3.05) is 13.1 Å². The molecule has 0 atom stereocenters. The number of halogens is 3. The van der Waals surface area contributed by atoms with Crippen LogP contribution in [0.4, 0.5) is 13.2 Å². The molecule has 1 heterocycles. The van der Waals surface area contributed by atoms with Gasteiger partial charge in [0.1, 0.15) is 0 Å². The third-order valence-electron chi connectivity index (χ3n) is 3.89. The van der Waals surface area contributed by atoms with Crippen LogP contribution in [0.3, 0.4) is 0 Å². The molecule has 0 bridgehead atoms. The first-order valence-electron chi connectivity index (χ1n) is 7.66. The Morgan fingerprint density at radius 1 is 1.17 bits per heavy atom. The van der Waals surface area contributed by atoms with Gasteiger partial charge in [-0.3, -0.25) is 9.59 Å². The molecule has 0 radical (unpaired) electrons. The molecule has 2 amide bonds. The smallest absolute Gasteiger partial charge is 0.256 e. The highest BCUT2D eigenvalue weighted by molar-refractivity contribution is 5.94. The van der Waals surface area contributed by atoms with Crippen LogP contribution in [0, 0.1) is 17.5 Å². The van der Waals surface area contributed by atoms with Gasteiger partial charge in [-0.2, -0.15) is 0 Å². The van der Waals surface area contributed by atoms with Crippen LogP contribution in [-0.4, -0.2) is 35.8 Å². The third kappa shape index (κ3) is 4.03. The second-order valence-electron chi connectivity index (χ2n) is 5.61. The summed E-state index contributed by atoms with van der Waals surface area (Å²) in [6, 6.07) is 1.67. The average Bonchev–Trinajstić information content (AvgIpc) is 2.53. The number of piperidine rings is 1. The highest BCUT2D eigenvalue weighted by atomic mass is 19.2. The molecule has 7 heteroatoms. The Hall–Kier alpha value is -2.05. The fraction of sp³-hybridized carbons (Fsp3) is 0.500. The van der Waals surface area contributed by atoms with Gasteiger partial charge in [-0.05, 0) is 31.4 Å². The summed E-state index contributed by atoms with van der Waals surface area (Å²) in [6.45, 7) is 2.57. The van der Waals surface area contributed by atoms with Gasteiger partial charge >= 0.3 is 0 Å². The predicted molar refractivity (Wildman–Crippen MR) is 78.3 cm³/mol. The number of nitrogens with zero attached hydrogens (tertiary/aromatic N) is 1. The van der Waals surface area contributed by atoms with E-state index in [2.05, 4.69) is 5.32 Å². The summed E-state index contributed by atoms with van der Waals surface area (Å²) in [5.41, 5.74) is -0.475. The van der Waals surface area contributed by atoms with E-state index in [4.69, 9.17) is 0 Å². The topological polar surface area (TPSA) is 49.4 Å². The van der Waals surface area contributed by atoms with Crippen molar-refractivity contribution in [1.29, 1.82) is 0 Å². The van der Waals surface area contributed by atoms with E-state index in [1.165, 1.54) is 4.90 Å². The minimum atomic E-state index is -1.64. The van der Waals surface area contributed by atoms with Crippen molar-refractivity contribution < 1.29 is 22.8 Å². The van der Waals surface area contributed by atoms with Gasteiger partial charge in [0.2, 0.25) is 5.91 Å². The zero-order valence-electron chi connectivity index (χ0n) is 12.9. The molecule has 4 nitrogen and oxygen atoms in total. The summed E-state index contributed by atoms with van der Waals surface area (Å²) in [4.78, 5) is 25.2. The number of hydrogen-bond acceptors (Lipinski definition) is 2. The maximum atomic E-state index is 13.7. The third-order valence-corrected chi connectivity index (χ3v) is 3.89. The van der Waals surface area contributed by atoms with Crippen molar-refractivity contribution in [3.63, 3.8) is 0 Å². The van der Waals surface area contributed by atoms with E-state index in [1.54, 1.807) is 0 Å². The fourth-order valence-corrected chi connectivity index (χ4v) is 2.62. The fourth-order valence-electron chi connectivity index (χ4n) is 2.62. The molecule has 1 aliphatic rings. The highest BCUT2D eigenvalue weighted by Gasteiger charge is 2.27. The SMILES string of the molecule is CCCC(=O)NC1CCN(C(=O)c2ccc(F)c(F)c2F)CC1. The summed E-state index contributed by atoms with van der Waals surface area (Å²) in [7, 11) is 0. The van der Waals surface area contributed by atoms with E-state index < -0.39 is 28.9 Å². The van der Waals surface area contributed by atoms with Crippen molar-refractivity contribution >= 4 is 11.8 Å². The Kier molecular flexibility index (Phi) is 5.63. The van der Waals surface area contributed by atoms with Gasteiger partial charge in [0.05, 0.1) is 5.56 Å². The number of carbonyl (C=O) groups excluding carboxylic acids is 2. The summed E-state index contributed by atoms with van der Waals surface area (Å²) >= 11 is 0. The van der Waals surface area contributed by atoms with Crippen molar-refractivity contribution in [2.45, 2.75) is 38.6 Å².